The number of rotatable bonds is 6. The highest BCUT2D eigenvalue weighted by Gasteiger charge is 2.14. The molecule has 20 heavy (non-hydrogen) atoms. The highest BCUT2D eigenvalue weighted by Crippen LogP contribution is 2.25. The van der Waals surface area contributed by atoms with E-state index in [1.807, 2.05) is 12.1 Å². The molecule has 2 aromatic rings. The number of carboxylic acid groups (broad SMARTS) is 1. The Bertz CT molecular complexity index is 605. The normalized spacial score (nSPS) is 12.3. The molecule has 6 nitrogen and oxygen atoms in total. The summed E-state index contributed by atoms with van der Waals surface area (Å²) in [5.41, 5.74) is 6.08. The number of hydrogen-bond acceptors (Lipinski definition) is 6. The zero-order valence-electron chi connectivity index (χ0n) is 10.3. The monoisotopic (exact) mass is 313 g/mol. The van der Waals surface area contributed by atoms with Crippen molar-refractivity contribution in [2.45, 2.75) is 11.8 Å². The van der Waals surface area contributed by atoms with Gasteiger partial charge in [-0.05, 0) is 12.1 Å². The largest absolute Gasteiger partial charge is 0.480 e. The van der Waals surface area contributed by atoms with E-state index in [0.29, 0.717) is 28.1 Å². The van der Waals surface area contributed by atoms with Crippen LogP contribution < -0.4 is 5.73 Å². The lowest BCUT2D eigenvalue weighted by molar-refractivity contribution is -0.137. The number of carbonyl (C=O) groups is 1. The van der Waals surface area contributed by atoms with Crippen molar-refractivity contribution in [2.24, 2.45) is 5.73 Å². The molecule has 1 atom stereocenters. The maximum absolute atomic E-state index is 10.6. The van der Waals surface area contributed by atoms with E-state index in [1.54, 1.807) is 12.1 Å². The molecular formula is C12H12ClN3O3S. The SMILES string of the molecule is N[C@H](CSCc1nc(-c2ccccc2Cl)no1)C(=O)O. The highest BCUT2D eigenvalue weighted by molar-refractivity contribution is 7.98. The van der Waals surface area contributed by atoms with Crippen molar-refractivity contribution in [1.29, 1.82) is 0 Å². The van der Waals surface area contributed by atoms with Crippen LogP contribution in [0.1, 0.15) is 5.89 Å². The van der Waals surface area contributed by atoms with Crippen molar-refractivity contribution in [2.75, 3.05) is 5.75 Å². The van der Waals surface area contributed by atoms with Gasteiger partial charge >= 0.3 is 5.97 Å². The number of aromatic nitrogens is 2. The quantitative estimate of drug-likeness (QED) is 0.841. The molecule has 0 unspecified atom stereocenters. The lowest BCUT2D eigenvalue weighted by Gasteiger charge is -2.03. The number of hydrogen-bond donors (Lipinski definition) is 2. The maximum Gasteiger partial charge on any atom is 0.321 e. The lowest BCUT2D eigenvalue weighted by Crippen LogP contribution is -2.32. The number of aliphatic carboxylic acids is 1. The Morgan fingerprint density at radius 2 is 2.25 bits per heavy atom. The summed E-state index contributed by atoms with van der Waals surface area (Å²) < 4.78 is 5.09. The van der Waals surface area contributed by atoms with Crippen molar-refractivity contribution in [3.8, 4) is 11.4 Å². The first-order valence-electron chi connectivity index (χ1n) is 5.71. The average Bonchev–Trinajstić information content (AvgIpc) is 2.87. The molecule has 2 rings (SSSR count). The first-order valence-corrected chi connectivity index (χ1v) is 7.25. The van der Waals surface area contributed by atoms with Gasteiger partial charge in [0.1, 0.15) is 6.04 Å². The van der Waals surface area contributed by atoms with Crippen LogP contribution >= 0.6 is 23.4 Å². The second kappa shape index (κ2) is 6.74. The summed E-state index contributed by atoms with van der Waals surface area (Å²) in [5.74, 6) is 0.466. The third-order valence-electron chi connectivity index (χ3n) is 2.42. The van der Waals surface area contributed by atoms with Gasteiger partial charge in [0.05, 0.1) is 10.8 Å². The fourth-order valence-corrected chi connectivity index (χ4v) is 2.44. The number of halogens is 1. The van der Waals surface area contributed by atoms with Crippen LogP contribution in [0.4, 0.5) is 0 Å². The second-order valence-electron chi connectivity index (χ2n) is 3.95. The van der Waals surface area contributed by atoms with Crippen LogP contribution in [0.25, 0.3) is 11.4 Å². The molecule has 0 radical (unpaired) electrons. The summed E-state index contributed by atoms with van der Waals surface area (Å²) in [6.07, 6.45) is 0. The van der Waals surface area contributed by atoms with E-state index in [4.69, 9.17) is 27.0 Å². The van der Waals surface area contributed by atoms with Crippen molar-refractivity contribution in [3.05, 3.63) is 35.2 Å². The van der Waals surface area contributed by atoms with Crippen molar-refractivity contribution >= 4 is 29.3 Å². The topological polar surface area (TPSA) is 102 Å². The zero-order valence-corrected chi connectivity index (χ0v) is 11.9. The van der Waals surface area contributed by atoms with E-state index in [1.165, 1.54) is 11.8 Å². The zero-order chi connectivity index (χ0) is 14.5. The van der Waals surface area contributed by atoms with Gasteiger partial charge in [0.2, 0.25) is 11.7 Å². The molecule has 1 heterocycles. The van der Waals surface area contributed by atoms with E-state index in [9.17, 15) is 4.79 Å². The smallest absolute Gasteiger partial charge is 0.321 e. The molecule has 0 saturated heterocycles. The van der Waals surface area contributed by atoms with Crippen molar-refractivity contribution < 1.29 is 14.4 Å². The first kappa shape index (κ1) is 14.8. The van der Waals surface area contributed by atoms with E-state index in [0.717, 1.165) is 0 Å². The Balaban J connectivity index is 1.96. The minimum Gasteiger partial charge on any atom is -0.480 e. The van der Waals surface area contributed by atoms with Crippen molar-refractivity contribution in [3.63, 3.8) is 0 Å². The number of thioether (sulfide) groups is 1. The number of carboxylic acids is 1. The Hall–Kier alpha value is -1.57. The fourth-order valence-electron chi connectivity index (χ4n) is 1.41. The van der Waals surface area contributed by atoms with Crippen LogP contribution in [-0.2, 0) is 10.5 Å². The van der Waals surface area contributed by atoms with Gasteiger partial charge in [0, 0.05) is 11.3 Å². The molecule has 0 aliphatic heterocycles. The maximum atomic E-state index is 10.6. The average molecular weight is 314 g/mol. The molecule has 8 heteroatoms. The fraction of sp³-hybridized carbons (Fsp3) is 0.250. The van der Waals surface area contributed by atoms with E-state index < -0.39 is 12.0 Å². The Kier molecular flexibility index (Phi) is 4.99. The molecule has 0 aliphatic carbocycles. The second-order valence-corrected chi connectivity index (χ2v) is 5.39. The summed E-state index contributed by atoms with van der Waals surface area (Å²) in [6.45, 7) is 0. The molecular weight excluding hydrogens is 302 g/mol. The van der Waals surface area contributed by atoms with Crippen LogP contribution in [0.5, 0.6) is 0 Å². The van der Waals surface area contributed by atoms with Crippen LogP contribution in [0.15, 0.2) is 28.8 Å². The third kappa shape index (κ3) is 3.72. The Morgan fingerprint density at radius 1 is 1.50 bits per heavy atom. The van der Waals surface area contributed by atoms with Gasteiger partial charge in [0.25, 0.3) is 0 Å². The summed E-state index contributed by atoms with van der Waals surface area (Å²) in [7, 11) is 0. The van der Waals surface area contributed by atoms with Crippen LogP contribution in [0.3, 0.4) is 0 Å². The molecule has 1 aromatic carbocycles. The van der Waals surface area contributed by atoms with Gasteiger partial charge in [-0.15, -0.1) is 11.8 Å². The third-order valence-corrected chi connectivity index (χ3v) is 3.80. The standard InChI is InChI=1S/C12H12ClN3O3S/c13-8-4-2-1-3-7(8)11-15-10(19-16-11)6-20-5-9(14)12(17)18/h1-4,9H,5-6,14H2,(H,17,18)/t9-/m1/s1. The van der Waals surface area contributed by atoms with Gasteiger partial charge in [-0.3, -0.25) is 4.79 Å². The Morgan fingerprint density at radius 3 is 2.95 bits per heavy atom. The predicted molar refractivity (Wildman–Crippen MR) is 76.5 cm³/mol. The molecule has 0 fully saturated rings. The van der Waals surface area contributed by atoms with Crippen molar-refractivity contribution in [1.82, 2.24) is 10.1 Å². The highest BCUT2D eigenvalue weighted by atomic mass is 35.5. The van der Waals surface area contributed by atoms with Gasteiger partial charge < -0.3 is 15.4 Å². The predicted octanol–water partition coefficient (Wildman–Crippen LogP) is 2.04. The first-order chi connectivity index (χ1) is 9.58. The van der Waals surface area contributed by atoms with Gasteiger partial charge in [0.15, 0.2) is 0 Å². The number of benzene rings is 1. The molecule has 3 N–H and O–H groups in total. The molecule has 0 bridgehead atoms. The lowest BCUT2D eigenvalue weighted by atomic mass is 10.2. The molecule has 1 aromatic heterocycles. The van der Waals surface area contributed by atoms with Crippen LogP contribution in [0, 0.1) is 0 Å². The molecule has 0 aliphatic rings. The molecule has 106 valence electrons. The van der Waals surface area contributed by atoms with Crippen LogP contribution in [-0.4, -0.2) is 33.0 Å². The summed E-state index contributed by atoms with van der Waals surface area (Å²) in [4.78, 5) is 14.8. The van der Waals surface area contributed by atoms with E-state index in [2.05, 4.69) is 10.1 Å². The van der Waals surface area contributed by atoms with E-state index in [-0.39, 0.29) is 5.75 Å². The molecule has 0 amide bonds. The summed E-state index contributed by atoms with van der Waals surface area (Å²) >= 11 is 7.36. The van der Waals surface area contributed by atoms with Crippen LogP contribution in [0.2, 0.25) is 5.02 Å². The Labute approximate surface area is 124 Å². The number of nitrogens with two attached hydrogens (primary N) is 1. The molecule has 0 saturated carbocycles. The van der Waals surface area contributed by atoms with Gasteiger partial charge in [-0.2, -0.15) is 4.98 Å². The number of nitrogens with zero attached hydrogens (tertiary/aromatic N) is 2. The minimum absolute atomic E-state index is 0.277. The van der Waals surface area contributed by atoms with Gasteiger partial charge in [-0.25, -0.2) is 0 Å². The summed E-state index contributed by atoms with van der Waals surface area (Å²) in [6, 6.07) is 6.29. The van der Waals surface area contributed by atoms with Gasteiger partial charge in [-0.1, -0.05) is 28.9 Å². The van der Waals surface area contributed by atoms with E-state index >= 15 is 0 Å². The molecule has 0 spiro atoms. The summed E-state index contributed by atoms with van der Waals surface area (Å²) in [5, 5.41) is 13.0. The minimum atomic E-state index is -1.03.